The molecule has 1 aliphatic heterocycles. The van der Waals surface area contributed by atoms with Crippen molar-refractivity contribution in [1.29, 1.82) is 0 Å². The molecule has 2 heterocycles. The number of nitrogens with zero attached hydrogens (tertiary/aromatic N) is 3. The van der Waals surface area contributed by atoms with Crippen LogP contribution in [0.4, 0.5) is 0 Å². The number of piperidine rings is 1. The monoisotopic (exact) mass is 251 g/mol. The topological polar surface area (TPSA) is 75.4 Å². The Kier molecular flexibility index (Phi) is 3.96. The van der Waals surface area contributed by atoms with Crippen LogP contribution in [0.5, 0.6) is 0 Å². The Hall–Kier alpha value is -1.85. The molecule has 0 atom stereocenters. The number of carboxylic acids is 1. The lowest BCUT2D eigenvalue weighted by Gasteiger charge is -2.26. The highest BCUT2D eigenvalue weighted by Gasteiger charge is 2.16. The number of amides is 1. The predicted octanol–water partition coefficient (Wildman–Crippen LogP) is 0.984. The molecule has 1 aliphatic rings. The van der Waals surface area contributed by atoms with Gasteiger partial charge in [-0.1, -0.05) is 0 Å². The van der Waals surface area contributed by atoms with Gasteiger partial charge in [-0.2, -0.15) is 5.10 Å². The van der Waals surface area contributed by atoms with Crippen molar-refractivity contribution < 1.29 is 14.7 Å². The van der Waals surface area contributed by atoms with Gasteiger partial charge in [0.2, 0.25) is 5.91 Å². The van der Waals surface area contributed by atoms with E-state index in [1.165, 1.54) is 23.5 Å². The molecule has 6 heteroatoms. The molecule has 98 valence electrons. The molecule has 0 unspecified atom stereocenters. The van der Waals surface area contributed by atoms with Gasteiger partial charge in [-0.05, 0) is 19.3 Å². The number of carboxylic acid groups (broad SMARTS) is 1. The average molecular weight is 251 g/mol. The highest BCUT2D eigenvalue weighted by molar-refractivity contribution is 5.86. The summed E-state index contributed by atoms with van der Waals surface area (Å²) in [5, 5.41) is 12.7. The first-order chi connectivity index (χ1) is 8.66. The van der Waals surface area contributed by atoms with Crippen molar-refractivity contribution >= 4 is 11.9 Å². The molecule has 0 saturated carbocycles. The first-order valence-electron chi connectivity index (χ1n) is 6.20. The van der Waals surface area contributed by atoms with E-state index in [-0.39, 0.29) is 11.5 Å². The van der Waals surface area contributed by atoms with Gasteiger partial charge in [-0.25, -0.2) is 4.79 Å². The van der Waals surface area contributed by atoms with Crippen LogP contribution in [0, 0.1) is 0 Å². The van der Waals surface area contributed by atoms with Crippen LogP contribution in [0.1, 0.15) is 36.0 Å². The van der Waals surface area contributed by atoms with Gasteiger partial charge in [0.15, 0.2) is 0 Å². The zero-order chi connectivity index (χ0) is 13.0. The van der Waals surface area contributed by atoms with Gasteiger partial charge in [-0.3, -0.25) is 9.48 Å². The van der Waals surface area contributed by atoms with Crippen LogP contribution in [0.2, 0.25) is 0 Å². The molecular weight excluding hydrogens is 234 g/mol. The lowest BCUT2D eigenvalue weighted by molar-refractivity contribution is -0.132. The second kappa shape index (κ2) is 5.66. The molecule has 1 aromatic rings. The highest BCUT2D eigenvalue weighted by Crippen LogP contribution is 2.10. The zero-order valence-corrected chi connectivity index (χ0v) is 10.2. The molecule has 0 spiro atoms. The van der Waals surface area contributed by atoms with Crippen molar-refractivity contribution in [1.82, 2.24) is 14.7 Å². The van der Waals surface area contributed by atoms with Crippen LogP contribution < -0.4 is 0 Å². The fraction of sp³-hybridized carbons (Fsp3) is 0.583. The summed E-state index contributed by atoms with van der Waals surface area (Å²) >= 11 is 0. The summed E-state index contributed by atoms with van der Waals surface area (Å²) in [4.78, 5) is 24.4. The number of carbonyl (C=O) groups excluding carboxylic acids is 1. The van der Waals surface area contributed by atoms with E-state index in [0.29, 0.717) is 13.0 Å². The summed E-state index contributed by atoms with van der Waals surface area (Å²) in [7, 11) is 0. The van der Waals surface area contributed by atoms with Gasteiger partial charge < -0.3 is 10.0 Å². The Morgan fingerprint density at radius 1 is 1.28 bits per heavy atom. The zero-order valence-electron chi connectivity index (χ0n) is 10.2. The van der Waals surface area contributed by atoms with Gasteiger partial charge in [0.25, 0.3) is 0 Å². The Morgan fingerprint density at radius 2 is 2.00 bits per heavy atom. The molecule has 1 amide bonds. The Bertz CT molecular complexity index is 436. The second-order valence-corrected chi connectivity index (χ2v) is 4.49. The first kappa shape index (κ1) is 12.6. The predicted molar refractivity (Wildman–Crippen MR) is 64.2 cm³/mol. The minimum atomic E-state index is -0.997. The van der Waals surface area contributed by atoms with Gasteiger partial charge in [0, 0.05) is 32.3 Å². The number of carbonyl (C=O) groups is 2. The molecule has 18 heavy (non-hydrogen) atoms. The van der Waals surface area contributed by atoms with E-state index in [4.69, 9.17) is 5.11 Å². The molecule has 0 radical (unpaired) electrons. The van der Waals surface area contributed by atoms with Crippen LogP contribution in [-0.4, -0.2) is 44.8 Å². The Morgan fingerprint density at radius 3 is 2.61 bits per heavy atom. The third-order valence-corrected chi connectivity index (χ3v) is 3.14. The molecule has 1 aromatic heterocycles. The van der Waals surface area contributed by atoms with E-state index >= 15 is 0 Å². The summed E-state index contributed by atoms with van der Waals surface area (Å²) in [6.07, 6.45) is 6.48. The maximum Gasteiger partial charge on any atom is 0.338 e. The Labute approximate surface area is 105 Å². The van der Waals surface area contributed by atoms with Crippen molar-refractivity contribution in [2.24, 2.45) is 0 Å². The third-order valence-electron chi connectivity index (χ3n) is 3.14. The standard InChI is InChI=1S/C12H17N3O3/c16-11(14-5-2-1-3-6-14)4-7-15-9-10(8-13-15)12(17)18/h8-9H,1-7H2,(H,17,18). The number of hydrogen-bond acceptors (Lipinski definition) is 3. The maximum atomic E-state index is 11.9. The van der Waals surface area contributed by atoms with E-state index < -0.39 is 5.97 Å². The molecule has 0 bridgehead atoms. The van der Waals surface area contributed by atoms with Gasteiger partial charge in [0.1, 0.15) is 0 Å². The van der Waals surface area contributed by atoms with Crippen LogP contribution in [0.25, 0.3) is 0 Å². The summed E-state index contributed by atoms with van der Waals surface area (Å²) in [5.41, 5.74) is 0.153. The fourth-order valence-electron chi connectivity index (χ4n) is 2.11. The van der Waals surface area contributed by atoms with E-state index in [1.807, 2.05) is 4.90 Å². The van der Waals surface area contributed by atoms with E-state index in [9.17, 15) is 9.59 Å². The van der Waals surface area contributed by atoms with Crippen molar-refractivity contribution in [3.63, 3.8) is 0 Å². The molecule has 0 aliphatic carbocycles. The quantitative estimate of drug-likeness (QED) is 0.865. The minimum absolute atomic E-state index is 0.127. The second-order valence-electron chi connectivity index (χ2n) is 4.49. The number of hydrogen-bond donors (Lipinski definition) is 1. The summed E-state index contributed by atoms with van der Waals surface area (Å²) in [6, 6.07) is 0. The molecule has 6 nitrogen and oxygen atoms in total. The molecule has 1 N–H and O–H groups in total. The number of likely N-dealkylation sites (tertiary alicyclic amines) is 1. The van der Waals surface area contributed by atoms with Crippen LogP contribution in [-0.2, 0) is 11.3 Å². The summed E-state index contributed by atoms with van der Waals surface area (Å²) in [5.74, 6) is -0.870. The van der Waals surface area contributed by atoms with Crippen LogP contribution >= 0.6 is 0 Å². The first-order valence-corrected chi connectivity index (χ1v) is 6.20. The van der Waals surface area contributed by atoms with Gasteiger partial charge in [0.05, 0.1) is 11.8 Å². The maximum absolute atomic E-state index is 11.9. The van der Waals surface area contributed by atoms with Crippen molar-refractivity contribution in [3.8, 4) is 0 Å². The number of aromatic nitrogens is 2. The van der Waals surface area contributed by atoms with E-state index in [0.717, 1.165) is 25.9 Å². The average Bonchev–Trinajstić information content (AvgIpc) is 2.86. The van der Waals surface area contributed by atoms with Gasteiger partial charge in [-0.15, -0.1) is 0 Å². The van der Waals surface area contributed by atoms with E-state index in [1.54, 1.807) is 0 Å². The smallest absolute Gasteiger partial charge is 0.338 e. The van der Waals surface area contributed by atoms with Gasteiger partial charge >= 0.3 is 5.97 Å². The number of aryl methyl sites for hydroxylation is 1. The normalized spacial score (nSPS) is 15.7. The Balaban J connectivity index is 1.82. The molecule has 2 rings (SSSR count). The molecule has 1 fully saturated rings. The number of rotatable bonds is 4. The van der Waals surface area contributed by atoms with Crippen molar-refractivity contribution in [2.75, 3.05) is 13.1 Å². The van der Waals surface area contributed by atoms with Crippen LogP contribution in [0.15, 0.2) is 12.4 Å². The minimum Gasteiger partial charge on any atom is -0.478 e. The highest BCUT2D eigenvalue weighted by atomic mass is 16.4. The molecule has 0 aromatic carbocycles. The van der Waals surface area contributed by atoms with E-state index in [2.05, 4.69) is 5.10 Å². The lowest BCUT2D eigenvalue weighted by atomic mass is 10.1. The summed E-state index contributed by atoms with van der Waals surface area (Å²) < 4.78 is 1.51. The summed E-state index contributed by atoms with van der Waals surface area (Å²) in [6.45, 7) is 2.12. The molecular formula is C12H17N3O3. The lowest BCUT2D eigenvalue weighted by Crippen LogP contribution is -2.36. The van der Waals surface area contributed by atoms with Crippen molar-refractivity contribution in [3.05, 3.63) is 18.0 Å². The number of aromatic carboxylic acids is 1. The van der Waals surface area contributed by atoms with Crippen LogP contribution in [0.3, 0.4) is 0 Å². The molecule has 1 saturated heterocycles. The third kappa shape index (κ3) is 3.09. The fourth-order valence-corrected chi connectivity index (χ4v) is 2.11. The SMILES string of the molecule is O=C(O)c1cnn(CCC(=O)N2CCCCC2)c1. The van der Waals surface area contributed by atoms with Crippen molar-refractivity contribution in [2.45, 2.75) is 32.2 Å². The largest absolute Gasteiger partial charge is 0.478 e.